The average Bonchev–Trinajstić information content (AvgIpc) is 3.14. The van der Waals surface area contributed by atoms with E-state index in [4.69, 9.17) is 5.11 Å². The number of rotatable bonds is 6. The lowest BCUT2D eigenvalue weighted by molar-refractivity contribution is -0.137. The topological polar surface area (TPSA) is 99.6 Å². The van der Waals surface area contributed by atoms with Crippen LogP contribution in [0.5, 0.6) is 0 Å². The zero-order valence-electron chi connectivity index (χ0n) is 11.6. The standard InChI is InChI=1S/C13H13N3O4S2/c1-16(5-4-10(17)18)12(20)8-7-22-13(14-8)15-11(19)9-3-2-6-21-9/h2-3,6-7H,4-5H2,1H3,(H,17,18)(H,14,15,19). The van der Waals surface area contributed by atoms with E-state index in [1.165, 1.54) is 28.7 Å². The highest BCUT2D eigenvalue weighted by atomic mass is 32.1. The Hall–Kier alpha value is -2.26. The van der Waals surface area contributed by atoms with E-state index in [-0.39, 0.29) is 30.5 Å². The van der Waals surface area contributed by atoms with E-state index in [1.54, 1.807) is 17.5 Å². The summed E-state index contributed by atoms with van der Waals surface area (Å²) in [6, 6.07) is 3.47. The molecule has 0 bridgehead atoms. The number of thiophene rings is 1. The monoisotopic (exact) mass is 339 g/mol. The van der Waals surface area contributed by atoms with Gasteiger partial charge in [0.15, 0.2) is 5.13 Å². The van der Waals surface area contributed by atoms with Crippen LogP contribution in [-0.2, 0) is 4.79 Å². The molecule has 9 heteroatoms. The summed E-state index contributed by atoms with van der Waals surface area (Å²) < 4.78 is 0. The van der Waals surface area contributed by atoms with Crippen molar-refractivity contribution in [1.82, 2.24) is 9.88 Å². The summed E-state index contributed by atoms with van der Waals surface area (Å²) in [5, 5.41) is 14.9. The molecule has 2 aromatic rings. The molecule has 2 amide bonds. The largest absolute Gasteiger partial charge is 0.481 e. The Labute approximate surface area is 134 Å². The number of carbonyl (C=O) groups excluding carboxylic acids is 2. The van der Waals surface area contributed by atoms with E-state index in [0.717, 1.165) is 11.3 Å². The summed E-state index contributed by atoms with van der Waals surface area (Å²) in [5.41, 5.74) is 0.180. The Balaban J connectivity index is 1.97. The molecule has 0 atom stereocenters. The van der Waals surface area contributed by atoms with Gasteiger partial charge in [0, 0.05) is 19.0 Å². The van der Waals surface area contributed by atoms with Crippen molar-refractivity contribution in [2.24, 2.45) is 0 Å². The highest BCUT2D eigenvalue weighted by Gasteiger charge is 2.17. The number of carboxylic acid groups (broad SMARTS) is 1. The maximum atomic E-state index is 12.1. The fraction of sp³-hybridized carbons (Fsp3) is 0.231. The van der Waals surface area contributed by atoms with Crippen LogP contribution in [0.25, 0.3) is 0 Å². The summed E-state index contributed by atoms with van der Waals surface area (Å²) in [4.78, 5) is 40.3. The third kappa shape index (κ3) is 4.12. The molecular formula is C13H13N3O4S2. The molecule has 0 unspecified atom stereocenters. The SMILES string of the molecule is CN(CCC(=O)O)C(=O)c1csc(NC(=O)c2cccs2)n1. The molecular weight excluding hydrogens is 326 g/mol. The lowest BCUT2D eigenvalue weighted by atomic mass is 10.3. The Morgan fingerprint density at radius 3 is 2.77 bits per heavy atom. The third-order valence-corrected chi connectivity index (χ3v) is 4.32. The first-order chi connectivity index (χ1) is 10.5. The Morgan fingerprint density at radius 1 is 1.36 bits per heavy atom. The first-order valence-electron chi connectivity index (χ1n) is 6.25. The second-order valence-corrected chi connectivity index (χ2v) is 6.15. The number of amides is 2. The normalized spacial score (nSPS) is 10.2. The predicted octanol–water partition coefficient (Wildman–Crippen LogP) is 2.00. The second kappa shape index (κ2) is 7.14. The van der Waals surface area contributed by atoms with Crippen LogP contribution in [-0.4, -0.2) is 46.4 Å². The van der Waals surface area contributed by atoms with Crippen molar-refractivity contribution in [3.8, 4) is 0 Å². The summed E-state index contributed by atoms with van der Waals surface area (Å²) in [7, 11) is 1.51. The minimum absolute atomic E-state index is 0.0998. The van der Waals surface area contributed by atoms with E-state index >= 15 is 0 Å². The van der Waals surface area contributed by atoms with E-state index in [2.05, 4.69) is 10.3 Å². The van der Waals surface area contributed by atoms with Crippen LogP contribution in [0.2, 0.25) is 0 Å². The fourth-order valence-electron chi connectivity index (χ4n) is 1.56. The molecule has 2 N–H and O–H groups in total. The van der Waals surface area contributed by atoms with Gasteiger partial charge in [-0.2, -0.15) is 0 Å². The Bertz CT molecular complexity index is 681. The highest BCUT2D eigenvalue weighted by Crippen LogP contribution is 2.18. The van der Waals surface area contributed by atoms with Gasteiger partial charge >= 0.3 is 5.97 Å². The van der Waals surface area contributed by atoms with Gasteiger partial charge in [-0.1, -0.05) is 6.07 Å². The van der Waals surface area contributed by atoms with Crippen LogP contribution in [0.15, 0.2) is 22.9 Å². The van der Waals surface area contributed by atoms with Crippen molar-refractivity contribution < 1.29 is 19.5 Å². The number of hydrogen-bond acceptors (Lipinski definition) is 6. The summed E-state index contributed by atoms with van der Waals surface area (Å²) in [5.74, 6) is -1.63. The predicted molar refractivity (Wildman–Crippen MR) is 83.6 cm³/mol. The molecule has 0 aliphatic heterocycles. The molecule has 2 rings (SSSR count). The molecule has 0 fully saturated rings. The maximum absolute atomic E-state index is 12.1. The van der Waals surface area contributed by atoms with Gasteiger partial charge in [-0.15, -0.1) is 22.7 Å². The summed E-state index contributed by atoms with van der Waals surface area (Å²) in [6.45, 7) is 0.0998. The number of aromatic nitrogens is 1. The van der Waals surface area contributed by atoms with E-state index in [0.29, 0.717) is 10.0 Å². The summed E-state index contributed by atoms with van der Waals surface area (Å²) >= 11 is 2.45. The molecule has 0 radical (unpaired) electrons. The van der Waals surface area contributed by atoms with Gasteiger partial charge in [0.2, 0.25) is 0 Å². The van der Waals surface area contributed by atoms with Crippen LogP contribution < -0.4 is 5.32 Å². The van der Waals surface area contributed by atoms with Gasteiger partial charge in [0.1, 0.15) is 5.69 Å². The average molecular weight is 339 g/mol. The molecule has 2 heterocycles. The van der Waals surface area contributed by atoms with E-state index in [1.807, 2.05) is 0 Å². The minimum atomic E-state index is -0.971. The van der Waals surface area contributed by atoms with Crippen LogP contribution in [0.1, 0.15) is 26.6 Å². The summed E-state index contributed by atoms with van der Waals surface area (Å²) in [6.07, 6.45) is -0.131. The maximum Gasteiger partial charge on any atom is 0.305 e. The van der Waals surface area contributed by atoms with E-state index < -0.39 is 5.97 Å². The van der Waals surface area contributed by atoms with Crippen LogP contribution >= 0.6 is 22.7 Å². The third-order valence-electron chi connectivity index (χ3n) is 2.70. The quantitative estimate of drug-likeness (QED) is 0.838. The first-order valence-corrected chi connectivity index (χ1v) is 8.01. The van der Waals surface area contributed by atoms with Gasteiger partial charge < -0.3 is 10.0 Å². The fourth-order valence-corrected chi connectivity index (χ4v) is 2.85. The lowest BCUT2D eigenvalue weighted by Gasteiger charge is -2.14. The molecule has 22 heavy (non-hydrogen) atoms. The van der Waals surface area contributed by atoms with Gasteiger partial charge in [0.05, 0.1) is 11.3 Å². The molecule has 116 valence electrons. The van der Waals surface area contributed by atoms with E-state index in [9.17, 15) is 14.4 Å². The molecule has 0 spiro atoms. The number of nitrogens with one attached hydrogen (secondary N) is 1. The number of carboxylic acids is 1. The number of nitrogens with zero attached hydrogens (tertiary/aromatic N) is 2. The molecule has 2 aromatic heterocycles. The first kappa shape index (κ1) is 16.1. The lowest BCUT2D eigenvalue weighted by Crippen LogP contribution is -2.29. The Kier molecular flexibility index (Phi) is 5.23. The van der Waals surface area contributed by atoms with Gasteiger partial charge in [-0.3, -0.25) is 19.7 Å². The number of thiazole rings is 1. The smallest absolute Gasteiger partial charge is 0.305 e. The van der Waals surface area contributed by atoms with Gasteiger partial charge in [-0.05, 0) is 11.4 Å². The van der Waals surface area contributed by atoms with Crippen molar-refractivity contribution in [3.05, 3.63) is 33.5 Å². The van der Waals surface area contributed by atoms with Crippen molar-refractivity contribution >= 4 is 45.6 Å². The Morgan fingerprint density at radius 2 is 2.14 bits per heavy atom. The second-order valence-electron chi connectivity index (χ2n) is 4.34. The van der Waals surface area contributed by atoms with Gasteiger partial charge in [-0.25, -0.2) is 4.98 Å². The van der Waals surface area contributed by atoms with Gasteiger partial charge in [0.25, 0.3) is 11.8 Å². The van der Waals surface area contributed by atoms with Crippen molar-refractivity contribution in [2.75, 3.05) is 18.9 Å². The van der Waals surface area contributed by atoms with Crippen LogP contribution in [0, 0.1) is 0 Å². The molecule has 0 aliphatic carbocycles. The number of hydrogen-bond donors (Lipinski definition) is 2. The molecule has 0 aromatic carbocycles. The van der Waals surface area contributed by atoms with Crippen LogP contribution in [0.4, 0.5) is 5.13 Å². The number of aliphatic carboxylic acids is 1. The molecule has 0 aliphatic rings. The minimum Gasteiger partial charge on any atom is -0.481 e. The molecule has 0 saturated heterocycles. The number of carbonyl (C=O) groups is 3. The van der Waals surface area contributed by atoms with Crippen molar-refractivity contribution in [1.29, 1.82) is 0 Å². The van der Waals surface area contributed by atoms with Crippen molar-refractivity contribution in [3.63, 3.8) is 0 Å². The highest BCUT2D eigenvalue weighted by molar-refractivity contribution is 7.14. The molecule has 7 nitrogen and oxygen atoms in total. The van der Waals surface area contributed by atoms with Crippen molar-refractivity contribution in [2.45, 2.75) is 6.42 Å². The van der Waals surface area contributed by atoms with Crippen LogP contribution in [0.3, 0.4) is 0 Å². The number of anilines is 1. The zero-order chi connectivity index (χ0) is 16.1. The molecule has 0 saturated carbocycles. The zero-order valence-corrected chi connectivity index (χ0v) is 13.2.